The highest BCUT2D eigenvalue weighted by Gasteiger charge is 2.19. The number of imidazole rings is 1. The number of nitrogens with one attached hydrogen (secondary N) is 1. The van der Waals surface area contributed by atoms with Crippen LogP contribution in [0.5, 0.6) is 11.5 Å². The van der Waals surface area contributed by atoms with Gasteiger partial charge in [-0.2, -0.15) is 0 Å². The maximum Gasteiger partial charge on any atom is 0.251 e. The molecule has 7 nitrogen and oxygen atoms in total. The Morgan fingerprint density at radius 2 is 1.82 bits per heavy atom. The van der Waals surface area contributed by atoms with Crippen LogP contribution in [0.4, 0.5) is 0 Å². The zero-order chi connectivity index (χ0) is 24.1. The van der Waals surface area contributed by atoms with E-state index in [1.54, 1.807) is 31.4 Å². The van der Waals surface area contributed by atoms with Gasteiger partial charge in [-0.05, 0) is 63.0 Å². The summed E-state index contributed by atoms with van der Waals surface area (Å²) in [4.78, 5) is 19.4. The van der Waals surface area contributed by atoms with Gasteiger partial charge in [-0.3, -0.25) is 4.79 Å². The number of carbonyl (C=O) groups is 1. The third-order valence-electron chi connectivity index (χ3n) is 5.73. The molecule has 0 fully saturated rings. The van der Waals surface area contributed by atoms with E-state index < -0.39 is 0 Å². The van der Waals surface area contributed by atoms with Crippen LogP contribution in [-0.2, 0) is 6.61 Å². The van der Waals surface area contributed by atoms with Crippen molar-refractivity contribution < 1.29 is 14.3 Å². The molecule has 4 rings (SSSR count). The van der Waals surface area contributed by atoms with E-state index in [-0.39, 0.29) is 11.9 Å². The Kier molecular flexibility index (Phi) is 7.13. The van der Waals surface area contributed by atoms with Crippen LogP contribution in [0.25, 0.3) is 5.65 Å². The fraction of sp³-hybridized carbons (Fsp3) is 0.259. The van der Waals surface area contributed by atoms with Crippen LogP contribution in [0.2, 0.25) is 0 Å². The number of nitrogens with zero attached hydrogens (tertiary/aromatic N) is 3. The monoisotopic (exact) mass is 458 g/mol. The smallest absolute Gasteiger partial charge is 0.251 e. The van der Waals surface area contributed by atoms with Crippen LogP contribution in [0.1, 0.15) is 33.2 Å². The van der Waals surface area contributed by atoms with Gasteiger partial charge >= 0.3 is 0 Å². The Labute approximate surface area is 200 Å². The third kappa shape index (κ3) is 5.38. The molecule has 0 spiro atoms. The predicted molar refractivity (Wildman–Crippen MR) is 132 cm³/mol. The topological polar surface area (TPSA) is 68.1 Å². The van der Waals surface area contributed by atoms with Crippen molar-refractivity contribution in [3.63, 3.8) is 0 Å². The second-order valence-corrected chi connectivity index (χ2v) is 8.45. The number of carbonyl (C=O) groups excluding carboxylic acids is 1. The van der Waals surface area contributed by atoms with Gasteiger partial charge in [-0.15, -0.1) is 0 Å². The second-order valence-electron chi connectivity index (χ2n) is 8.45. The van der Waals surface area contributed by atoms with Crippen molar-refractivity contribution in [1.82, 2.24) is 19.6 Å². The number of likely N-dealkylation sites (N-methyl/N-ethyl adjacent to an activating group) is 1. The molecule has 176 valence electrons. The summed E-state index contributed by atoms with van der Waals surface area (Å²) in [7, 11) is 5.63. The molecule has 0 radical (unpaired) electrons. The van der Waals surface area contributed by atoms with E-state index in [0.717, 1.165) is 22.7 Å². The SMILES string of the molecule is COc1ccccc1C(CNC(=O)c1ccc(OCc2cn3cc(C)ccc3n2)cc1)N(C)C. The Hall–Kier alpha value is -3.84. The average molecular weight is 459 g/mol. The van der Waals surface area contributed by atoms with Gasteiger partial charge in [0.2, 0.25) is 0 Å². The summed E-state index contributed by atoms with van der Waals surface area (Å²) >= 11 is 0. The van der Waals surface area contributed by atoms with Gasteiger partial charge in [-0.1, -0.05) is 24.3 Å². The number of methoxy groups -OCH3 is 1. The van der Waals surface area contributed by atoms with E-state index in [9.17, 15) is 4.79 Å². The van der Waals surface area contributed by atoms with Crippen molar-refractivity contribution in [2.75, 3.05) is 27.7 Å². The molecule has 1 atom stereocenters. The lowest BCUT2D eigenvalue weighted by molar-refractivity contribution is 0.0941. The van der Waals surface area contributed by atoms with E-state index in [0.29, 0.717) is 24.5 Å². The maximum atomic E-state index is 12.8. The quantitative estimate of drug-likeness (QED) is 0.406. The van der Waals surface area contributed by atoms with Crippen molar-refractivity contribution >= 4 is 11.6 Å². The zero-order valence-corrected chi connectivity index (χ0v) is 20.0. The molecule has 2 aromatic heterocycles. The standard InChI is InChI=1S/C27H30N4O3/c1-19-9-14-26-29-21(17-31(26)16-19)18-34-22-12-10-20(11-13-22)27(32)28-15-24(30(2)3)23-7-5-6-8-25(23)33-4/h5-14,16-17,24H,15,18H2,1-4H3,(H,28,32). The van der Waals surface area contributed by atoms with Crippen LogP contribution in [0.3, 0.4) is 0 Å². The van der Waals surface area contributed by atoms with Crippen LogP contribution < -0.4 is 14.8 Å². The fourth-order valence-electron chi connectivity index (χ4n) is 3.89. The van der Waals surface area contributed by atoms with Gasteiger partial charge in [0.1, 0.15) is 23.8 Å². The molecule has 2 heterocycles. The summed E-state index contributed by atoms with van der Waals surface area (Å²) in [5.74, 6) is 1.35. The Bertz CT molecular complexity index is 1260. The van der Waals surface area contributed by atoms with Gasteiger partial charge in [0.05, 0.1) is 18.8 Å². The summed E-state index contributed by atoms with van der Waals surface area (Å²) in [6.45, 7) is 2.86. The van der Waals surface area contributed by atoms with Crippen molar-refractivity contribution in [3.05, 3.63) is 95.4 Å². The largest absolute Gasteiger partial charge is 0.496 e. The first-order valence-electron chi connectivity index (χ1n) is 11.2. The summed E-state index contributed by atoms with van der Waals surface area (Å²) in [6, 6.07) is 19.0. The van der Waals surface area contributed by atoms with Crippen LogP contribution >= 0.6 is 0 Å². The number of hydrogen-bond donors (Lipinski definition) is 1. The third-order valence-corrected chi connectivity index (χ3v) is 5.73. The highest BCUT2D eigenvalue weighted by molar-refractivity contribution is 5.94. The highest BCUT2D eigenvalue weighted by atomic mass is 16.5. The lowest BCUT2D eigenvalue weighted by atomic mass is 10.0. The minimum Gasteiger partial charge on any atom is -0.496 e. The minimum atomic E-state index is -0.135. The molecule has 0 aliphatic carbocycles. The Balaban J connectivity index is 1.35. The molecular formula is C27H30N4O3. The first-order valence-corrected chi connectivity index (χ1v) is 11.2. The van der Waals surface area contributed by atoms with Gasteiger partial charge in [0.15, 0.2) is 0 Å². The van der Waals surface area contributed by atoms with Crippen LogP contribution in [0.15, 0.2) is 73.1 Å². The van der Waals surface area contributed by atoms with E-state index in [2.05, 4.69) is 15.2 Å². The zero-order valence-electron chi connectivity index (χ0n) is 20.0. The number of hydrogen-bond acceptors (Lipinski definition) is 5. The second kappa shape index (κ2) is 10.4. The van der Waals surface area contributed by atoms with Crippen molar-refractivity contribution in [3.8, 4) is 11.5 Å². The Morgan fingerprint density at radius 1 is 1.06 bits per heavy atom. The summed E-state index contributed by atoms with van der Waals surface area (Å²) in [5, 5.41) is 3.04. The molecule has 1 amide bonds. The number of rotatable bonds is 9. The lowest BCUT2D eigenvalue weighted by Gasteiger charge is -2.26. The highest BCUT2D eigenvalue weighted by Crippen LogP contribution is 2.27. The van der Waals surface area contributed by atoms with Gasteiger partial charge in [0.25, 0.3) is 5.91 Å². The molecule has 0 saturated heterocycles. The molecule has 2 aromatic carbocycles. The minimum absolute atomic E-state index is 0.0167. The number of ether oxygens (including phenoxy) is 2. The molecule has 0 aliphatic heterocycles. The summed E-state index contributed by atoms with van der Waals surface area (Å²) in [5.41, 5.74) is 4.51. The van der Waals surface area contributed by atoms with Gasteiger partial charge in [0, 0.05) is 30.1 Å². The first kappa shape index (κ1) is 23.3. The number of benzene rings is 2. The molecule has 0 bridgehead atoms. The van der Waals surface area contributed by atoms with Crippen LogP contribution in [0, 0.1) is 6.92 Å². The molecule has 34 heavy (non-hydrogen) atoms. The number of aryl methyl sites for hydroxylation is 1. The van der Waals surface area contributed by atoms with Crippen molar-refractivity contribution in [1.29, 1.82) is 0 Å². The van der Waals surface area contributed by atoms with Gasteiger partial charge < -0.3 is 24.1 Å². The number of para-hydroxylation sites is 1. The number of amides is 1. The van der Waals surface area contributed by atoms with Gasteiger partial charge in [-0.25, -0.2) is 4.98 Å². The molecule has 1 unspecified atom stereocenters. The predicted octanol–water partition coefficient (Wildman–Crippen LogP) is 4.26. The lowest BCUT2D eigenvalue weighted by Crippen LogP contribution is -2.34. The number of pyridine rings is 1. The average Bonchev–Trinajstić information content (AvgIpc) is 3.25. The molecule has 1 N–H and O–H groups in total. The van der Waals surface area contributed by atoms with E-state index in [4.69, 9.17) is 9.47 Å². The normalized spacial score (nSPS) is 12.0. The van der Waals surface area contributed by atoms with Crippen LogP contribution in [-0.4, -0.2) is 47.9 Å². The first-order chi connectivity index (χ1) is 16.4. The summed E-state index contributed by atoms with van der Waals surface area (Å²) < 4.78 is 13.4. The van der Waals surface area contributed by atoms with E-state index in [1.807, 2.05) is 74.2 Å². The fourth-order valence-corrected chi connectivity index (χ4v) is 3.89. The van der Waals surface area contributed by atoms with E-state index >= 15 is 0 Å². The molecule has 7 heteroatoms. The molecule has 4 aromatic rings. The number of fused-ring (bicyclic) bond motifs is 1. The molecular weight excluding hydrogens is 428 g/mol. The number of aromatic nitrogens is 2. The summed E-state index contributed by atoms with van der Waals surface area (Å²) in [6.07, 6.45) is 4.00. The Morgan fingerprint density at radius 3 is 2.56 bits per heavy atom. The maximum absolute atomic E-state index is 12.8. The molecule has 0 aliphatic rings. The van der Waals surface area contributed by atoms with E-state index in [1.165, 1.54) is 5.56 Å². The molecule has 0 saturated carbocycles. The van der Waals surface area contributed by atoms with Crippen molar-refractivity contribution in [2.45, 2.75) is 19.6 Å². The van der Waals surface area contributed by atoms with Crippen molar-refractivity contribution in [2.24, 2.45) is 0 Å².